The highest BCUT2D eigenvalue weighted by Crippen LogP contribution is 2.33. The zero-order valence-electron chi connectivity index (χ0n) is 16.3. The quantitative estimate of drug-likeness (QED) is 0.621. The van der Waals surface area contributed by atoms with Crippen LogP contribution in [0.1, 0.15) is 29.9 Å². The fourth-order valence-corrected chi connectivity index (χ4v) is 3.90. The molecule has 1 aliphatic rings. The Labute approximate surface area is 169 Å². The first-order valence-electron chi connectivity index (χ1n) is 9.75. The van der Waals surface area contributed by atoms with Gasteiger partial charge in [-0.15, -0.1) is 0 Å². The molecule has 0 radical (unpaired) electrons. The predicted molar refractivity (Wildman–Crippen MR) is 108 cm³/mol. The monoisotopic (exact) mass is 395 g/mol. The molecule has 1 saturated heterocycles. The van der Waals surface area contributed by atoms with Gasteiger partial charge in [-0.1, -0.05) is 30.3 Å². The van der Waals surface area contributed by atoms with Gasteiger partial charge >= 0.3 is 0 Å². The molecule has 1 aliphatic heterocycles. The summed E-state index contributed by atoms with van der Waals surface area (Å²) in [4.78, 5) is 10.6. The highest BCUT2D eigenvalue weighted by atomic mass is 19.1. The largest absolute Gasteiger partial charge is 0.481 e. The van der Waals surface area contributed by atoms with Gasteiger partial charge < -0.3 is 4.74 Å². The van der Waals surface area contributed by atoms with Crippen molar-refractivity contribution in [2.24, 2.45) is 0 Å². The molecule has 0 saturated carbocycles. The predicted octanol–water partition coefficient (Wildman–Crippen LogP) is 4.81. The normalized spacial score (nSPS) is 15.4. The molecule has 0 unspecified atom stereocenters. The van der Waals surface area contributed by atoms with Crippen LogP contribution in [0.4, 0.5) is 8.78 Å². The highest BCUT2D eigenvalue weighted by Gasteiger charge is 2.23. The second-order valence-electron chi connectivity index (χ2n) is 7.35. The first-order valence-corrected chi connectivity index (χ1v) is 9.75. The van der Waals surface area contributed by atoms with Gasteiger partial charge in [-0.25, -0.2) is 13.8 Å². The molecule has 0 amide bonds. The van der Waals surface area contributed by atoms with Gasteiger partial charge in [0.05, 0.1) is 18.9 Å². The van der Waals surface area contributed by atoms with Crippen LogP contribution in [0.5, 0.6) is 5.88 Å². The van der Waals surface area contributed by atoms with Gasteiger partial charge in [0, 0.05) is 12.7 Å². The summed E-state index contributed by atoms with van der Waals surface area (Å²) in [5.74, 6) is -0.623. The topological polar surface area (TPSA) is 38.3 Å². The number of pyridine rings is 2. The molecule has 4 rings (SSSR count). The maximum atomic E-state index is 14.8. The third-order valence-corrected chi connectivity index (χ3v) is 5.44. The van der Waals surface area contributed by atoms with Crippen LogP contribution in [0.15, 0.2) is 54.9 Å². The lowest BCUT2D eigenvalue weighted by atomic mass is 9.90. The van der Waals surface area contributed by atoms with E-state index in [9.17, 15) is 8.78 Å². The number of rotatable bonds is 5. The third kappa shape index (κ3) is 4.43. The Bertz CT molecular complexity index is 973. The summed E-state index contributed by atoms with van der Waals surface area (Å²) in [7, 11) is 1.42. The van der Waals surface area contributed by atoms with E-state index in [2.05, 4.69) is 39.1 Å². The number of ether oxygens (including phenoxy) is 1. The molecule has 6 heteroatoms. The summed E-state index contributed by atoms with van der Waals surface area (Å²) in [5, 5.41) is 0. The molecule has 1 aromatic carbocycles. The number of aromatic nitrogens is 2. The van der Waals surface area contributed by atoms with Crippen LogP contribution in [-0.4, -0.2) is 35.1 Å². The summed E-state index contributed by atoms with van der Waals surface area (Å²) in [6.45, 7) is 2.86. The first kappa shape index (κ1) is 19.5. The molecule has 0 spiro atoms. The lowest BCUT2D eigenvalue weighted by Gasteiger charge is -2.32. The Kier molecular flexibility index (Phi) is 5.81. The van der Waals surface area contributed by atoms with Gasteiger partial charge in [0.15, 0.2) is 0 Å². The fraction of sp³-hybridized carbons (Fsp3) is 0.304. The Morgan fingerprint density at radius 2 is 1.79 bits per heavy atom. The van der Waals surface area contributed by atoms with Gasteiger partial charge in [0.25, 0.3) is 0 Å². The average Bonchev–Trinajstić information content (AvgIpc) is 2.75. The number of nitrogens with zero attached hydrogens (tertiary/aromatic N) is 3. The SMILES string of the molecule is COc1ncc(F)cc1-c1ncc(C2CCN(Cc3ccccc3)CC2)cc1F. The molecule has 1 fully saturated rings. The van der Waals surface area contributed by atoms with Crippen molar-refractivity contribution in [2.75, 3.05) is 20.2 Å². The molecular weight excluding hydrogens is 372 g/mol. The van der Waals surface area contributed by atoms with Crippen molar-refractivity contribution in [3.05, 3.63) is 77.6 Å². The molecule has 3 heterocycles. The second-order valence-corrected chi connectivity index (χ2v) is 7.35. The molecule has 4 nitrogen and oxygen atoms in total. The van der Waals surface area contributed by atoms with Crippen LogP contribution in [0, 0.1) is 11.6 Å². The van der Waals surface area contributed by atoms with Crippen molar-refractivity contribution in [1.82, 2.24) is 14.9 Å². The molecule has 0 N–H and O–H groups in total. The lowest BCUT2D eigenvalue weighted by Crippen LogP contribution is -2.32. The number of hydrogen-bond donors (Lipinski definition) is 0. The van der Waals surface area contributed by atoms with Crippen LogP contribution in [0.25, 0.3) is 11.3 Å². The summed E-state index contributed by atoms with van der Waals surface area (Å²) in [6, 6.07) is 13.1. The first-order chi connectivity index (χ1) is 14.1. The maximum Gasteiger partial charge on any atom is 0.222 e. The molecule has 29 heavy (non-hydrogen) atoms. The van der Waals surface area contributed by atoms with Crippen molar-refractivity contribution >= 4 is 0 Å². The van der Waals surface area contributed by atoms with Gasteiger partial charge in [-0.2, -0.15) is 0 Å². The Balaban J connectivity index is 1.46. The smallest absolute Gasteiger partial charge is 0.222 e. The highest BCUT2D eigenvalue weighted by molar-refractivity contribution is 5.65. The van der Waals surface area contributed by atoms with Gasteiger partial charge in [0.1, 0.15) is 17.3 Å². The third-order valence-electron chi connectivity index (χ3n) is 5.44. The van der Waals surface area contributed by atoms with E-state index in [1.54, 1.807) is 6.20 Å². The minimum absolute atomic E-state index is 0.0547. The van der Waals surface area contributed by atoms with Crippen molar-refractivity contribution < 1.29 is 13.5 Å². The number of benzene rings is 1. The molecule has 3 aromatic rings. The summed E-state index contributed by atoms with van der Waals surface area (Å²) < 4.78 is 33.5. The van der Waals surface area contributed by atoms with Crippen molar-refractivity contribution in [3.63, 3.8) is 0 Å². The number of halogens is 2. The van der Waals surface area contributed by atoms with Crippen LogP contribution >= 0.6 is 0 Å². The number of piperidine rings is 1. The van der Waals surface area contributed by atoms with E-state index in [0.717, 1.165) is 44.2 Å². The lowest BCUT2D eigenvalue weighted by molar-refractivity contribution is 0.204. The van der Waals surface area contributed by atoms with E-state index in [1.165, 1.54) is 24.8 Å². The van der Waals surface area contributed by atoms with Crippen LogP contribution in [0.3, 0.4) is 0 Å². The van der Waals surface area contributed by atoms with Crippen LogP contribution in [0.2, 0.25) is 0 Å². The zero-order valence-corrected chi connectivity index (χ0v) is 16.3. The second kappa shape index (κ2) is 8.66. The van der Waals surface area contributed by atoms with E-state index in [0.29, 0.717) is 0 Å². The maximum absolute atomic E-state index is 14.8. The standard InChI is InChI=1S/C23H23F2N3O/c1-29-23-20(12-19(24)14-27-23)22-21(25)11-18(13-26-22)17-7-9-28(10-8-17)15-16-5-3-2-4-6-16/h2-6,11-14,17H,7-10,15H2,1H3. The Morgan fingerprint density at radius 1 is 1.03 bits per heavy atom. The summed E-state index contributed by atoms with van der Waals surface area (Å²) in [6.07, 6.45) is 4.65. The minimum Gasteiger partial charge on any atom is -0.481 e. The summed E-state index contributed by atoms with van der Waals surface area (Å²) in [5.41, 5.74) is 2.46. The number of hydrogen-bond acceptors (Lipinski definition) is 4. The minimum atomic E-state index is -0.558. The van der Waals surface area contributed by atoms with Crippen LogP contribution < -0.4 is 4.74 Å². The Morgan fingerprint density at radius 3 is 2.48 bits per heavy atom. The van der Waals surface area contributed by atoms with Crippen molar-refractivity contribution in [1.29, 1.82) is 0 Å². The van der Waals surface area contributed by atoms with Gasteiger partial charge in [-0.3, -0.25) is 9.88 Å². The molecule has 0 atom stereocenters. The Hall–Kier alpha value is -2.86. The van der Waals surface area contributed by atoms with E-state index in [4.69, 9.17) is 4.74 Å². The van der Waals surface area contributed by atoms with E-state index in [1.807, 2.05) is 6.07 Å². The van der Waals surface area contributed by atoms with E-state index >= 15 is 0 Å². The van der Waals surface area contributed by atoms with E-state index in [-0.39, 0.29) is 23.1 Å². The van der Waals surface area contributed by atoms with E-state index < -0.39 is 11.6 Å². The molecule has 0 aliphatic carbocycles. The summed E-state index contributed by atoms with van der Waals surface area (Å²) >= 11 is 0. The van der Waals surface area contributed by atoms with Crippen molar-refractivity contribution in [2.45, 2.75) is 25.3 Å². The number of methoxy groups -OCH3 is 1. The molecule has 2 aromatic heterocycles. The van der Waals surface area contributed by atoms with Crippen molar-refractivity contribution in [3.8, 4) is 17.1 Å². The van der Waals surface area contributed by atoms with Gasteiger partial charge in [-0.05, 0) is 55.1 Å². The van der Waals surface area contributed by atoms with Crippen LogP contribution in [-0.2, 0) is 6.54 Å². The number of likely N-dealkylation sites (tertiary alicyclic amines) is 1. The average molecular weight is 395 g/mol. The molecular formula is C23H23F2N3O. The molecule has 0 bridgehead atoms. The van der Waals surface area contributed by atoms with Gasteiger partial charge in [0.2, 0.25) is 5.88 Å². The molecule has 150 valence electrons. The fourth-order valence-electron chi connectivity index (χ4n) is 3.90. The zero-order chi connectivity index (χ0) is 20.2.